The lowest BCUT2D eigenvalue weighted by atomic mass is 10.2. The lowest BCUT2D eigenvalue weighted by molar-refractivity contribution is -0.116. The molecule has 0 N–H and O–H groups in total. The molecule has 6 heteroatoms. The number of para-hydroxylation sites is 1. The zero-order valence-corrected chi connectivity index (χ0v) is 15.6. The van der Waals surface area contributed by atoms with Crippen LogP contribution in [0.1, 0.15) is 11.3 Å². The zero-order valence-electron chi connectivity index (χ0n) is 14.0. The van der Waals surface area contributed by atoms with Crippen LogP contribution in [0.15, 0.2) is 59.2 Å². The highest BCUT2D eigenvalue weighted by atomic mass is 35.5. The van der Waals surface area contributed by atoms with E-state index in [-0.39, 0.29) is 5.91 Å². The lowest BCUT2D eigenvalue weighted by Crippen LogP contribution is -2.30. The lowest BCUT2D eigenvalue weighted by Gasteiger charge is -2.16. The third-order valence-electron chi connectivity index (χ3n) is 4.31. The van der Waals surface area contributed by atoms with Crippen molar-refractivity contribution in [3.05, 3.63) is 71.1 Å². The second-order valence-corrected chi connectivity index (χ2v) is 7.49. The van der Waals surface area contributed by atoms with E-state index in [2.05, 4.69) is 11.1 Å². The van der Waals surface area contributed by atoms with Crippen LogP contribution in [0.5, 0.6) is 0 Å². The van der Waals surface area contributed by atoms with E-state index in [1.807, 2.05) is 47.4 Å². The predicted molar refractivity (Wildman–Crippen MR) is 106 cm³/mol. The maximum atomic E-state index is 12.5. The van der Waals surface area contributed by atoms with Crippen molar-refractivity contribution >= 4 is 35.0 Å². The fourth-order valence-electron chi connectivity index (χ4n) is 3.02. The maximum absolute atomic E-state index is 12.5. The summed E-state index contributed by atoms with van der Waals surface area (Å²) in [6.07, 6.45) is 2.58. The minimum absolute atomic E-state index is 0.140. The number of fused-ring (bicyclic) bond motifs is 1. The van der Waals surface area contributed by atoms with E-state index in [0.717, 1.165) is 29.9 Å². The Morgan fingerprint density at radius 2 is 2.00 bits per heavy atom. The number of carbonyl (C=O) groups is 1. The van der Waals surface area contributed by atoms with E-state index < -0.39 is 0 Å². The molecule has 2 aromatic carbocycles. The number of halogens is 1. The number of nitrogens with zero attached hydrogens (tertiary/aromatic N) is 2. The fourth-order valence-corrected chi connectivity index (χ4v) is 3.92. The number of hydrogen-bond acceptors (Lipinski definition) is 4. The molecule has 0 bridgehead atoms. The Morgan fingerprint density at radius 1 is 1.19 bits per heavy atom. The monoisotopic (exact) mass is 384 g/mol. The summed E-state index contributed by atoms with van der Waals surface area (Å²) in [7, 11) is 0. The van der Waals surface area contributed by atoms with E-state index in [0.29, 0.717) is 22.4 Å². The summed E-state index contributed by atoms with van der Waals surface area (Å²) >= 11 is 7.45. The SMILES string of the molecule is O=C(CSCc1coc(-c2ccc(Cl)cc2)n1)N1CCc2ccccc21. The first-order chi connectivity index (χ1) is 12.7. The number of benzene rings is 2. The van der Waals surface area contributed by atoms with Crippen molar-refractivity contribution < 1.29 is 9.21 Å². The fraction of sp³-hybridized carbons (Fsp3) is 0.200. The van der Waals surface area contributed by atoms with Crippen LogP contribution in [0.4, 0.5) is 5.69 Å². The largest absolute Gasteiger partial charge is 0.444 e. The van der Waals surface area contributed by atoms with Gasteiger partial charge in [-0.3, -0.25) is 4.79 Å². The molecule has 132 valence electrons. The average Bonchev–Trinajstić information content (AvgIpc) is 3.29. The summed E-state index contributed by atoms with van der Waals surface area (Å²) in [4.78, 5) is 18.9. The molecule has 0 saturated carbocycles. The van der Waals surface area contributed by atoms with Gasteiger partial charge in [-0.05, 0) is 42.3 Å². The highest BCUT2D eigenvalue weighted by Crippen LogP contribution is 2.28. The Kier molecular flexibility index (Phi) is 5.00. The number of anilines is 1. The van der Waals surface area contributed by atoms with Gasteiger partial charge in [0.2, 0.25) is 11.8 Å². The molecule has 1 aliphatic rings. The number of hydrogen-bond donors (Lipinski definition) is 0. The van der Waals surface area contributed by atoms with Crippen molar-refractivity contribution in [1.82, 2.24) is 4.98 Å². The Bertz CT molecular complexity index is 924. The molecule has 0 radical (unpaired) electrons. The Labute approximate surface area is 161 Å². The van der Waals surface area contributed by atoms with Crippen LogP contribution in [0.25, 0.3) is 11.5 Å². The molecule has 3 aromatic rings. The quantitative estimate of drug-likeness (QED) is 0.632. The first kappa shape index (κ1) is 17.2. The van der Waals surface area contributed by atoms with Gasteiger partial charge in [-0.15, -0.1) is 11.8 Å². The van der Waals surface area contributed by atoms with E-state index >= 15 is 0 Å². The summed E-state index contributed by atoms with van der Waals surface area (Å²) in [5.41, 5.74) is 4.00. The number of rotatable bonds is 5. The van der Waals surface area contributed by atoms with Crippen molar-refractivity contribution in [2.24, 2.45) is 0 Å². The molecule has 0 spiro atoms. The van der Waals surface area contributed by atoms with E-state index in [1.54, 1.807) is 18.0 Å². The van der Waals surface area contributed by atoms with Crippen LogP contribution in [0, 0.1) is 0 Å². The van der Waals surface area contributed by atoms with Crippen molar-refractivity contribution in [3.63, 3.8) is 0 Å². The molecule has 1 amide bonds. The number of oxazole rings is 1. The molecule has 0 atom stereocenters. The summed E-state index contributed by atoms with van der Waals surface area (Å²) in [6, 6.07) is 15.5. The van der Waals surface area contributed by atoms with Crippen molar-refractivity contribution in [2.75, 3.05) is 17.2 Å². The molecule has 2 heterocycles. The number of thioether (sulfide) groups is 1. The molecular formula is C20H17ClN2O2S. The number of amides is 1. The van der Waals surface area contributed by atoms with Gasteiger partial charge in [0.05, 0.1) is 11.4 Å². The zero-order chi connectivity index (χ0) is 17.9. The molecule has 26 heavy (non-hydrogen) atoms. The molecule has 0 unspecified atom stereocenters. The Morgan fingerprint density at radius 3 is 2.85 bits per heavy atom. The van der Waals surface area contributed by atoms with Crippen LogP contribution in [0.3, 0.4) is 0 Å². The van der Waals surface area contributed by atoms with Gasteiger partial charge in [0.15, 0.2) is 0 Å². The van der Waals surface area contributed by atoms with Gasteiger partial charge in [-0.1, -0.05) is 29.8 Å². The highest BCUT2D eigenvalue weighted by molar-refractivity contribution is 7.99. The standard InChI is InChI=1S/C20H17ClN2O2S/c21-16-7-5-15(6-8-16)20-22-17(11-25-20)12-26-13-19(24)23-10-9-14-3-1-2-4-18(14)23/h1-8,11H,9-10,12-13H2. The van der Waals surface area contributed by atoms with Crippen LogP contribution in [0.2, 0.25) is 5.02 Å². The van der Waals surface area contributed by atoms with Gasteiger partial charge in [-0.25, -0.2) is 4.98 Å². The number of aromatic nitrogens is 1. The third kappa shape index (κ3) is 3.64. The molecule has 0 aliphatic carbocycles. The maximum Gasteiger partial charge on any atom is 0.237 e. The molecule has 0 saturated heterocycles. The predicted octanol–water partition coefficient (Wildman–Crippen LogP) is 4.82. The molecule has 4 nitrogen and oxygen atoms in total. The van der Waals surface area contributed by atoms with E-state index in [9.17, 15) is 4.79 Å². The average molecular weight is 385 g/mol. The second kappa shape index (κ2) is 7.56. The first-order valence-corrected chi connectivity index (χ1v) is 9.90. The summed E-state index contributed by atoms with van der Waals surface area (Å²) in [6.45, 7) is 0.767. The van der Waals surface area contributed by atoms with Gasteiger partial charge in [-0.2, -0.15) is 0 Å². The third-order valence-corrected chi connectivity index (χ3v) is 5.51. The second-order valence-electron chi connectivity index (χ2n) is 6.07. The summed E-state index contributed by atoms with van der Waals surface area (Å²) in [5, 5.41) is 0.679. The van der Waals surface area contributed by atoms with Gasteiger partial charge in [0, 0.05) is 28.6 Å². The van der Waals surface area contributed by atoms with Gasteiger partial charge in [0.1, 0.15) is 6.26 Å². The normalized spacial score (nSPS) is 13.0. The Balaban J connectivity index is 1.33. The Hall–Kier alpha value is -2.24. The van der Waals surface area contributed by atoms with Crippen LogP contribution in [-0.2, 0) is 17.0 Å². The number of carbonyl (C=O) groups excluding carboxylic acids is 1. The van der Waals surface area contributed by atoms with Crippen molar-refractivity contribution in [3.8, 4) is 11.5 Å². The van der Waals surface area contributed by atoms with Crippen LogP contribution >= 0.6 is 23.4 Å². The van der Waals surface area contributed by atoms with E-state index in [4.69, 9.17) is 16.0 Å². The van der Waals surface area contributed by atoms with Gasteiger partial charge in [0.25, 0.3) is 0 Å². The van der Waals surface area contributed by atoms with Crippen molar-refractivity contribution in [1.29, 1.82) is 0 Å². The van der Waals surface area contributed by atoms with E-state index in [1.165, 1.54) is 5.56 Å². The summed E-state index contributed by atoms with van der Waals surface area (Å²) in [5.74, 6) is 1.77. The van der Waals surface area contributed by atoms with Crippen LogP contribution < -0.4 is 4.90 Å². The van der Waals surface area contributed by atoms with Crippen LogP contribution in [-0.4, -0.2) is 23.2 Å². The minimum atomic E-state index is 0.140. The van der Waals surface area contributed by atoms with Gasteiger partial charge < -0.3 is 9.32 Å². The van der Waals surface area contributed by atoms with Crippen molar-refractivity contribution in [2.45, 2.75) is 12.2 Å². The summed E-state index contributed by atoms with van der Waals surface area (Å²) < 4.78 is 5.53. The van der Waals surface area contributed by atoms with Gasteiger partial charge >= 0.3 is 0 Å². The molecule has 4 rings (SSSR count). The molecular weight excluding hydrogens is 368 g/mol. The highest BCUT2D eigenvalue weighted by Gasteiger charge is 2.23. The molecule has 0 fully saturated rings. The minimum Gasteiger partial charge on any atom is -0.444 e. The topological polar surface area (TPSA) is 46.3 Å². The first-order valence-electron chi connectivity index (χ1n) is 8.37. The molecule has 1 aromatic heterocycles. The molecule has 1 aliphatic heterocycles. The smallest absolute Gasteiger partial charge is 0.237 e.